The number of aliphatic imine (C=N–C) groups is 1. The number of nitrogens with one attached hydrogen (secondary N) is 3. The number of nitrogens with zero attached hydrogens (tertiary/aromatic N) is 1. The number of carboxylic acids is 1. The summed E-state index contributed by atoms with van der Waals surface area (Å²) in [4.78, 5) is 53.5. The number of hydrogen-bond acceptors (Lipinski definition) is 7. The van der Waals surface area contributed by atoms with Crippen molar-refractivity contribution in [3.8, 4) is 0 Å². The van der Waals surface area contributed by atoms with Crippen molar-refractivity contribution >= 4 is 29.7 Å². The molecule has 1 rings (SSSR count). The van der Waals surface area contributed by atoms with E-state index in [1.807, 2.05) is 30.3 Å². The topological polar surface area (TPSA) is 235 Å². The van der Waals surface area contributed by atoms with Crippen molar-refractivity contribution in [3.05, 3.63) is 35.9 Å². The second-order valence-corrected chi connectivity index (χ2v) is 8.62. The molecule has 0 saturated carbocycles. The van der Waals surface area contributed by atoms with Crippen molar-refractivity contribution in [1.82, 2.24) is 16.0 Å². The molecule has 0 aromatic heterocycles. The van der Waals surface area contributed by atoms with Gasteiger partial charge in [-0.05, 0) is 30.7 Å². The maximum atomic E-state index is 13.1. The van der Waals surface area contributed by atoms with Gasteiger partial charge in [0.05, 0.1) is 12.6 Å². The molecule has 0 fully saturated rings. The third-order valence-electron chi connectivity index (χ3n) is 5.26. The Kier molecular flexibility index (Phi) is 12.9. The number of aliphatic hydroxyl groups is 1. The van der Waals surface area contributed by atoms with Gasteiger partial charge in [-0.25, -0.2) is 4.79 Å². The lowest BCUT2D eigenvalue weighted by molar-refractivity contribution is -0.143. The summed E-state index contributed by atoms with van der Waals surface area (Å²) in [6.07, 6.45) is 0.741. The molecule has 0 spiro atoms. The van der Waals surface area contributed by atoms with E-state index in [4.69, 9.17) is 22.3 Å². The van der Waals surface area contributed by atoms with Crippen LogP contribution in [0.5, 0.6) is 0 Å². The average Bonchev–Trinajstić information content (AvgIpc) is 2.82. The lowest BCUT2D eigenvalue weighted by atomic mass is 10.0. The Morgan fingerprint density at radius 1 is 0.944 bits per heavy atom. The number of rotatable bonds is 15. The van der Waals surface area contributed by atoms with Crippen LogP contribution in [0.25, 0.3) is 0 Å². The predicted octanol–water partition coefficient (Wildman–Crippen LogP) is -2.20. The monoisotopic (exact) mass is 507 g/mol. The first-order valence-corrected chi connectivity index (χ1v) is 11.6. The number of aliphatic hydroxyl groups excluding tert-OH is 1. The highest BCUT2D eigenvalue weighted by atomic mass is 16.4. The fraction of sp³-hybridized carbons (Fsp3) is 0.522. The van der Waals surface area contributed by atoms with Gasteiger partial charge in [-0.3, -0.25) is 19.4 Å². The Balaban J connectivity index is 2.96. The molecule has 0 aliphatic heterocycles. The molecule has 0 aliphatic rings. The molecule has 3 amide bonds. The molecule has 0 radical (unpaired) electrons. The molecule has 11 N–H and O–H groups in total. The van der Waals surface area contributed by atoms with Gasteiger partial charge in [0.15, 0.2) is 5.96 Å². The number of amides is 3. The van der Waals surface area contributed by atoms with Crippen LogP contribution >= 0.6 is 0 Å². The van der Waals surface area contributed by atoms with Crippen molar-refractivity contribution in [2.45, 2.75) is 57.3 Å². The first-order chi connectivity index (χ1) is 17.0. The third-order valence-corrected chi connectivity index (χ3v) is 5.26. The van der Waals surface area contributed by atoms with Crippen molar-refractivity contribution in [2.24, 2.45) is 28.1 Å². The van der Waals surface area contributed by atoms with Gasteiger partial charge >= 0.3 is 5.97 Å². The maximum Gasteiger partial charge on any atom is 0.328 e. The second kappa shape index (κ2) is 15.3. The molecule has 1 aromatic rings. The van der Waals surface area contributed by atoms with Gasteiger partial charge in [-0.1, -0.05) is 44.2 Å². The van der Waals surface area contributed by atoms with E-state index in [2.05, 4.69) is 20.9 Å². The second-order valence-electron chi connectivity index (χ2n) is 8.62. The van der Waals surface area contributed by atoms with Crippen molar-refractivity contribution < 1.29 is 29.4 Å². The number of carboxylic acid groups (broad SMARTS) is 1. The lowest BCUT2D eigenvalue weighted by Gasteiger charge is -2.27. The van der Waals surface area contributed by atoms with E-state index >= 15 is 0 Å². The number of carbonyl (C=O) groups excluding carboxylic acids is 3. The van der Waals surface area contributed by atoms with E-state index < -0.39 is 60.4 Å². The van der Waals surface area contributed by atoms with Crippen molar-refractivity contribution in [2.75, 3.05) is 13.2 Å². The molecule has 36 heavy (non-hydrogen) atoms. The zero-order valence-corrected chi connectivity index (χ0v) is 20.5. The number of hydrogen-bond donors (Lipinski definition) is 8. The fourth-order valence-electron chi connectivity index (χ4n) is 3.25. The minimum Gasteiger partial charge on any atom is -0.480 e. The van der Waals surface area contributed by atoms with Gasteiger partial charge in [0.1, 0.15) is 18.1 Å². The predicted molar refractivity (Wildman–Crippen MR) is 133 cm³/mol. The van der Waals surface area contributed by atoms with Gasteiger partial charge in [0.2, 0.25) is 17.7 Å². The first kappa shape index (κ1) is 30.3. The van der Waals surface area contributed by atoms with Crippen LogP contribution < -0.4 is 33.2 Å². The highest BCUT2D eigenvalue weighted by Crippen LogP contribution is 2.07. The highest BCUT2D eigenvalue weighted by Gasteiger charge is 2.31. The molecule has 13 nitrogen and oxygen atoms in total. The summed E-state index contributed by atoms with van der Waals surface area (Å²) in [7, 11) is 0. The Hall–Kier alpha value is -3.71. The van der Waals surface area contributed by atoms with E-state index in [1.54, 1.807) is 13.8 Å². The summed E-state index contributed by atoms with van der Waals surface area (Å²) in [5.41, 5.74) is 17.5. The summed E-state index contributed by atoms with van der Waals surface area (Å²) in [6, 6.07) is 4.51. The zero-order chi connectivity index (χ0) is 27.3. The van der Waals surface area contributed by atoms with Crippen LogP contribution in [-0.2, 0) is 25.6 Å². The molecule has 1 aromatic carbocycles. The lowest BCUT2D eigenvalue weighted by Crippen LogP contribution is -2.59. The van der Waals surface area contributed by atoms with Crippen LogP contribution in [0.1, 0.15) is 32.3 Å². The van der Waals surface area contributed by atoms with Gasteiger partial charge in [-0.15, -0.1) is 0 Å². The summed E-state index contributed by atoms with van der Waals surface area (Å²) in [5.74, 6) is -3.97. The van der Waals surface area contributed by atoms with Gasteiger partial charge in [0.25, 0.3) is 0 Å². The Bertz CT molecular complexity index is 905. The van der Waals surface area contributed by atoms with Crippen LogP contribution in [0.15, 0.2) is 35.3 Å². The van der Waals surface area contributed by atoms with E-state index in [0.717, 1.165) is 5.56 Å². The van der Waals surface area contributed by atoms with Crippen molar-refractivity contribution in [3.63, 3.8) is 0 Å². The number of carbonyl (C=O) groups is 4. The molecule has 0 aliphatic carbocycles. The van der Waals surface area contributed by atoms with E-state index in [1.165, 1.54) is 0 Å². The van der Waals surface area contributed by atoms with Crippen molar-refractivity contribution in [1.29, 1.82) is 0 Å². The fourth-order valence-corrected chi connectivity index (χ4v) is 3.25. The normalized spacial score (nSPS) is 14.1. The van der Waals surface area contributed by atoms with E-state index in [-0.39, 0.29) is 25.3 Å². The van der Waals surface area contributed by atoms with E-state index in [0.29, 0.717) is 6.42 Å². The number of aliphatic carboxylic acids is 1. The molecule has 13 heteroatoms. The summed E-state index contributed by atoms with van der Waals surface area (Å²) >= 11 is 0. The number of benzene rings is 1. The van der Waals surface area contributed by atoms with Gasteiger partial charge < -0.3 is 43.4 Å². The van der Waals surface area contributed by atoms with Gasteiger partial charge in [-0.2, -0.15) is 0 Å². The van der Waals surface area contributed by atoms with Crippen LogP contribution in [0, 0.1) is 5.92 Å². The molecule has 0 heterocycles. The molecule has 4 atom stereocenters. The quantitative estimate of drug-likeness (QED) is 0.0729. The van der Waals surface area contributed by atoms with Crippen LogP contribution in [0.4, 0.5) is 0 Å². The minimum absolute atomic E-state index is 0.113. The summed E-state index contributed by atoms with van der Waals surface area (Å²) in [6.45, 7) is 2.70. The molecular weight excluding hydrogens is 470 g/mol. The molecular formula is C23H37N7O6. The highest BCUT2D eigenvalue weighted by molar-refractivity contribution is 5.94. The molecule has 0 saturated heterocycles. The van der Waals surface area contributed by atoms with Crippen LogP contribution in [-0.4, -0.2) is 77.2 Å². The molecule has 200 valence electrons. The number of guanidine groups is 1. The van der Waals surface area contributed by atoms with Crippen LogP contribution in [0.2, 0.25) is 0 Å². The van der Waals surface area contributed by atoms with E-state index in [9.17, 15) is 24.3 Å². The Morgan fingerprint density at radius 3 is 2.08 bits per heavy atom. The van der Waals surface area contributed by atoms with Crippen LogP contribution in [0.3, 0.4) is 0 Å². The Labute approximate surface area is 209 Å². The molecule has 0 bridgehead atoms. The maximum absolute atomic E-state index is 13.1. The van der Waals surface area contributed by atoms with Gasteiger partial charge in [0, 0.05) is 6.54 Å². The SMILES string of the molecule is CC(C)C(NC(=O)C(CCCN=C(N)N)NC(=O)C(N)Cc1ccccc1)C(=O)NC(CO)C(=O)O. The average molecular weight is 508 g/mol. The smallest absolute Gasteiger partial charge is 0.328 e. The molecule has 4 unspecified atom stereocenters. The largest absolute Gasteiger partial charge is 0.480 e. The zero-order valence-electron chi connectivity index (χ0n) is 20.5. The number of nitrogens with two attached hydrogens (primary N) is 3. The Morgan fingerprint density at radius 2 is 1.56 bits per heavy atom. The minimum atomic E-state index is -1.53. The first-order valence-electron chi connectivity index (χ1n) is 11.6. The standard InChI is InChI=1S/C23H37N7O6/c1-13(2)18(21(34)29-17(12-31)22(35)36)30-20(33)16(9-6-10-27-23(25)26)28-19(32)15(24)11-14-7-4-3-5-8-14/h3-5,7-8,13,15-18,31H,6,9-12,24H2,1-2H3,(H,28,32)(H,29,34)(H,30,33)(H,35,36)(H4,25,26,27). The third kappa shape index (κ3) is 10.7. The summed E-state index contributed by atoms with van der Waals surface area (Å²) in [5, 5.41) is 25.6. The summed E-state index contributed by atoms with van der Waals surface area (Å²) < 4.78 is 0.